The van der Waals surface area contributed by atoms with E-state index >= 15 is 0 Å². The summed E-state index contributed by atoms with van der Waals surface area (Å²) in [6, 6.07) is 5.73. The molecular formula is C13H21NO2S. The van der Waals surface area contributed by atoms with Gasteiger partial charge in [0, 0.05) is 6.54 Å². The zero-order valence-corrected chi connectivity index (χ0v) is 11.5. The molecule has 0 aliphatic rings. The average Bonchev–Trinajstić information content (AvgIpc) is 2.30. The molecule has 0 aliphatic carbocycles. The van der Waals surface area contributed by atoms with Crippen molar-refractivity contribution >= 4 is 9.84 Å². The van der Waals surface area contributed by atoms with E-state index in [0.717, 1.165) is 16.7 Å². The quantitative estimate of drug-likeness (QED) is 0.877. The molecule has 1 unspecified atom stereocenters. The summed E-state index contributed by atoms with van der Waals surface area (Å²) < 4.78 is 24.0. The van der Waals surface area contributed by atoms with E-state index in [0.29, 0.717) is 13.0 Å². The smallest absolute Gasteiger partial charge is 0.157 e. The van der Waals surface area contributed by atoms with E-state index in [1.807, 2.05) is 32.0 Å². The van der Waals surface area contributed by atoms with Gasteiger partial charge in [0.15, 0.2) is 9.84 Å². The van der Waals surface area contributed by atoms with Crippen LogP contribution in [0, 0.1) is 6.92 Å². The molecule has 0 aliphatic heterocycles. The molecular weight excluding hydrogens is 234 g/mol. The topological polar surface area (TPSA) is 60.2 Å². The van der Waals surface area contributed by atoms with Crippen LogP contribution in [0.25, 0.3) is 0 Å². The van der Waals surface area contributed by atoms with Crippen molar-refractivity contribution in [2.24, 2.45) is 5.73 Å². The van der Waals surface area contributed by atoms with Crippen molar-refractivity contribution in [3.63, 3.8) is 0 Å². The highest BCUT2D eigenvalue weighted by Crippen LogP contribution is 2.17. The van der Waals surface area contributed by atoms with Crippen LogP contribution in [0.5, 0.6) is 0 Å². The molecule has 96 valence electrons. The summed E-state index contributed by atoms with van der Waals surface area (Å²) in [4.78, 5) is 0. The number of nitrogens with two attached hydrogens (primary N) is 1. The third-order valence-electron chi connectivity index (χ3n) is 3.19. The van der Waals surface area contributed by atoms with Gasteiger partial charge in [0.2, 0.25) is 0 Å². The molecule has 1 atom stereocenters. The summed E-state index contributed by atoms with van der Waals surface area (Å²) in [6.45, 7) is 6.07. The van der Waals surface area contributed by atoms with E-state index in [1.165, 1.54) is 0 Å². The molecule has 0 spiro atoms. The molecule has 0 amide bonds. The van der Waals surface area contributed by atoms with E-state index in [-0.39, 0.29) is 11.0 Å². The predicted molar refractivity (Wildman–Crippen MR) is 71.4 cm³/mol. The van der Waals surface area contributed by atoms with Crippen molar-refractivity contribution < 1.29 is 8.42 Å². The lowest BCUT2D eigenvalue weighted by molar-refractivity contribution is 0.580. The Kier molecular flexibility index (Phi) is 4.71. The van der Waals surface area contributed by atoms with Gasteiger partial charge in [-0.05, 0) is 37.0 Å². The van der Waals surface area contributed by atoms with Gasteiger partial charge in [0.05, 0.1) is 11.0 Å². The Labute approximate surface area is 104 Å². The van der Waals surface area contributed by atoms with Crippen LogP contribution in [-0.4, -0.2) is 13.7 Å². The van der Waals surface area contributed by atoms with Gasteiger partial charge in [-0.25, -0.2) is 8.42 Å². The molecule has 17 heavy (non-hydrogen) atoms. The molecule has 1 aromatic rings. The Hall–Kier alpha value is -0.870. The second-order valence-electron chi connectivity index (χ2n) is 4.49. The lowest BCUT2D eigenvalue weighted by atomic mass is 10.1. The van der Waals surface area contributed by atoms with E-state index in [2.05, 4.69) is 0 Å². The van der Waals surface area contributed by atoms with Crippen LogP contribution >= 0.6 is 0 Å². The van der Waals surface area contributed by atoms with Gasteiger partial charge in [-0.1, -0.05) is 25.1 Å². The maximum absolute atomic E-state index is 12.0. The predicted octanol–water partition coefficient (Wildman–Crippen LogP) is 2.17. The fraction of sp³-hybridized carbons (Fsp3) is 0.538. The van der Waals surface area contributed by atoms with Crippen LogP contribution in [0.1, 0.15) is 37.0 Å². The third kappa shape index (κ3) is 3.54. The Morgan fingerprint density at radius 3 is 2.47 bits per heavy atom. The lowest BCUT2D eigenvalue weighted by Crippen LogP contribution is -2.19. The van der Waals surface area contributed by atoms with Gasteiger partial charge in [0.25, 0.3) is 0 Å². The average molecular weight is 255 g/mol. The highest BCUT2D eigenvalue weighted by atomic mass is 32.2. The summed E-state index contributed by atoms with van der Waals surface area (Å²) in [5.41, 5.74) is 8.46. The molecule has 4 heteroatoms. The van der Waals surface area contributed by atoms with Crippen LogP contribution < -0.4 is 5.73 Å². The largest absolute Gasteiger partial charge is 0.326 e. The minimum Gasteiger partial charge on any atom is -0.326 e. The zero-order valence-electron chi connectivity index (χ0n) is 10.7. The van der Waals surface area contributed by atoms with Gasteiger partial charge < -0.3 is 5.73 Å². The molecule has 0 heterocycles. The first kappa shape index (κ1) is 14.2. The molecule has 0 saturated carbocycles. The molecule has 1 rings (SSSR count). The van der Waals surface area contributed by atoms with Gasteiger partial charge in [-0.3, -0.25) is 0 Å². The monoisotopic (exact) mass is 255 g/mol. The standard InChI is InChI=1S/C13H21NO2S/c1-4-11(3)17(15,16)9-13-6-5-12(8-14)7-10(13)2/h5-7,11H,4,8-9,14H2,1-3H3. The molecule has 3 nitrogen and oxygen atoms in total. The maximum atomic E-state index is 12.0. The Balaban J connectivity index is 2.96. The number of hydrogen-bond acceptors (Lipinski definition) is 3. The normalized spacial score (nSPS) is 13.6. The highest BCUT2D eigenvalue weighted by Gasteiger charge is 2.20. The minimum atomic E-state index is -3.04. The van der Waals surface area contributed by atoms with E-state index in [4.69, 9.17) is 5.73 Å². The van der Waals surface area contributed by atoms with Crippen LogP contribution in [0.4, 0.5) is 0 Å². The molecule has 1 aromatic carbocycles. The van der Waals surface area contributed by atoms with Crippen molar-refractivity contribution in [1.29, 1.82) is 0 Å². The SMILES string of the molecule is CCC(C)S(=O)(=O)Cc1ccc(CN)cc1C. The molecule has 0 aromatic heterocycles. The number of sulfone groups is 1. The highest BCUT2D eigenvalue weighted by molar-refractivity contribution is 7.91. The van der Waals surface area contributed by atoms with E-state index < -0.39 is 9.84 Å². The summed E-state index contributed by atoms with van der Waals surface area (Å²) in [5.74, 6) is 0.124. The van der Waals surface area contributed by atoms with Gasteiger partial charge in [0.1, 0.15) is 0 Å². The van der Waals surface area contributed by atoms with Crippen LogP contribution in [0.2, 0.25) is 0 Å². The van der Waals surface area contributed by atoms with Crippen molar-refractivity contribution in [1.82, 2.24) is 0 Å². The first-order chi connectivity index (χ1) is 7.90. The van der Waals surface area contributed by atoms with E-state index in [1.54, 1.807) is 6.92 Å². The van der Waals surface area contributed by atoms with Gasteiger partial charge in [-0.15, -0.1) is 0 Å². The Bertz CT molecular complexity index is 480. The first-order valence-electron chi connectivity index (χ1n) is 5.90. The van der Waals surface area contributed by atoms with Crippen molar-refractivity contribution in [3.05, 3.63) is 34.9 Å². The second-order valence-corrected chi connectivity index (χ2v) is 6.91. The van der Waals surface area contributed by atoms with Crippen molar-refractivity contribution in [2.45, 2.75) is 44.7 Å². The Morgan fingerprint density at radius 1 is 1.35 bits per heavy atom. The van der Waals surface area contributed by atoms with Gasteiger partial charge in [-0.2, -0.15) is 0 Å². The number of benzene rings is 1. The molecule has 0 saturated heterocycles. The summed E-state index contributed by atoms with van der Waals surface area (Å²) in [6.07, 6.45) is 0.655. The van der Waals surface area contributed by atoms with E-state index in [9.17, 15) is 8.42 Å². The fourth-order valence-electron chi connectivity index (χ4n) is 1.66. The fourth-order valence-corrected chi connectivity index (χ4v) is 3.21. The first-order valence-corrected chi connectivity index (χ1v) is 7.62. The molecule has 2 N–H and O–H groups in total. The van der Waals surface area contributed by atoms with Gasteiger partial charge >= 0.3 is 0 Å². The van der Waals surface area contributed by atoms with Crippen molar-refractivity contribution in [2.75, 3.05) is 0 Å². The lowest BCUT2D eigenvalue weighted by Gasteiger charge is -2.12. The summed E-state index contributed by atoms with van der Waals surface area (Å²) >= 11 is 0. The molecule has 0 bridgehead atoms. The number of rotatable bonds is 5. The Morgan fingerprint density at radius 2 is 2.00 bits per heavy atom. The van der Waals surface area contributed by atoms with Crippen LogP contribution in [-0.2, 0) is 22.1 Å². The second kappa shape index (κ2) is 5.65. The molecule has 0 radical (unpaired) electrons. The minimum absolute atomic E-state index is 0.124. The molecule has 0 fully saturated rings. The number of aryl methyl sites for hydroxylation is 1. The third-order valence-corrected chi connectivity index (χ3v) is 5.46. The summed E-state index contributed by atoms with van der Waals surface area (Å²) in [7, 11) is -3.04. The van der Waals surface area contributed by atoms with Crippen LogP contribution in [0.3, 0.4) is 0 Å². The zero-order chi connectivity index (χ0) is 13.1. The maximum Gasteiger partial charge on any atom is 0.157 e. The van der Waals surface area contributed by atoms with Crippen molar-refractivity contribution in [3.8, 4) is 0 Å². The summed E-state index contributed by atoms with van der Waals surface area (Å²) in [5, 5.41) is -0.281. The van der Waals surface area contributed by atoms with Crippen LogP contribution in [0.15, 0.2) is 18.2 Å². The number of hydrogen-bond donors (Lipinski definition) is 1.